The second-order valence-electron chi connectivity index (χ2n) is 3.14. The lowest BCUT2D eigenvalue weighted by Gasteiger charge is -2.34. The quantitative estimate of drug-likeness (QED) is 0.624. The van der Waals surface area contributed by atoms with E-state index in [-0.39, 0.29) is 5.91 Å². The lowest BCUT2D eigenvalue weighted by atomic mass is 9.79. The largest absolute Gasteiger partial charge is 0.380 e. The van der Waals surface area contributed by atoms with Crippen LogP contribution in [0.2, 0.25) is 0 Å². The van der Waals surface area contributed by atoms with E-state index in [1.807, 2.05) is 6.92 Å². The summed E-state index contributed by atoms with van der Waals surface area (Å²) in [5.41, 5.74) is -1.02. The highest BCUT2D eigenvalue weighted by atomic mass is 16.3. The van der Waals surface area contributed by atoms with Crippen LogP contribution in [-0.4, -0.2) is 23.2 Å². The third kappa shape index (κ3) is 1.71. The van der Waals surface area contributed by atoms with Gasteiger partial charge in [0.25, 0.3) is 5.91 Å². The van der Waals surface area contributed by atoms with Crippen molar-refractivity contribution in [2.75, 3.05) is 6.54 Å². The summed E-state index contributed by atoms with van der Waals surface area (Å²) >= 11 is 0. The molecule has 1 amide bonds. The molecule has 0 aliphatic heterocycles. The van der Waals surface area contributed by atoms with E-state index in [0.717, 1.165) is 12.8 Å². The molecule has 64 valence electrons. The van der Waals surface area contributed by atoms with Gasteiger partial charge in [0.1, 0.15) is 5.60 Å². The number of rotatable bonds is 3. The van der Waals surface area contributed by atoms with E-state index in [2.05, 4.69) is 5.32 Å². The van der Waals surface area contributed by atoms with Gasteiger partial charge in [0.05, 0.1) is 0 Å². The van der Waals surface area contributed by atoms with Crippen molar-refractivity contribution < 1.29 is 9.90 Å². The van der Waals surface area contributed by atoms with Crippen LogP contribution in [0, 0.1) is 0 Å². The number of carbonyl (C=O) groups is 1. The lowest BCUT2D eigenvalue weighted by molar-refractivity contribution is -0.148. The van der Waals surface area contributed by atoms with Crippen LogP contribution in [0.5, 0.6) is 0 Å². The van der Waals surface area contributed by atoms with Crippen LogP contribution in [-0.2, 0) is 4.79 Å². The smallest absolute Gasteiger partial charge is 0.251 e. The molecule has 1 rings (SSSR count). The van der Waals surface area contributed by atoms with Crippen LogP contribution in [0.15, 0.2) is 0 Å². The van der Waals surface area contributed by atoms with Crippen molar-refractivity contribution >= 4 is 5.91 Å². The van der Waals surface area contributed by atoms with Gasteiger partial charge in [-0.25, -0.2) is 0 Å². The summed E-state index contributed by atoms with van der Waals surface area (Å²) in [7, 11) is 0. The molecule has 0 heterocycles. The molecule has 2 N–H and O–H groups in total. The molecule has 0 atom stereocenters. The van der Waals surface area contributed by atoms with Crippen LogP contribution in [0.25, 0.3) is 0 Å². The molecule has 3 heteroatoms. The molecule has 0 radical (unpaired) electrons. The summed E-state index contributed by atoms with van der Waals surface area (Å²) in [5.74, 6) is -0.189. The Bertz CT molecular complexity index is 152. The van der Waals surface area contributed by atoms with Crippen molar-refractivity contribution in [2.24, 2.45) is 0 Å². The van der Waals surface area contributed by atoms with Crippen molar-refractivity contribution in [3.63, 3.8) is 0 Å². The molecule has 3 nitrogen and oxygen atoms in total. The number of hydrogen-bond donors (Lipinski definition) is 2. The molecule has 0 bridgehead atoms. The Kier molecular flexibility index (Phi) is 2.49. The molecule has 0 aromatic rings. The highest BCUT2D eigenvalue weighted by molar-refractivity contribution is 5.85. The summed E-state index contributed by atoms with van der Waals surface area (Å²) in [6.07, 6.45) is 3.14. The predicted octanol–water partition coefficient (Wildman–Crippen LogP) is 0.428. The van der Waals surface area contributed by atoms with Crippen LogP contribution < -0.4 is 5.32 Å². The van der Waals surface area contributed by atoms with Gasteiger partial charge in [0.15, 0.2) is 0 Å². The van der Waals surface area contributed by atoms with Gasteiger partial charge in [0, 0.05) is 6.54 Å². The maximum atomic E-state index is 11.1. The maximum absolute atomic E-state index is 11.1. The molecule has 0 spiro atoms. The second kappa shape index (κ2) is 3.22. The fourth-order valence-electron chi connectivity index (χ4n) is 1.14. The first-order valence-corrected chi connectivity index (χ1v) is 4.20. The fourth-order valence-corrected chi connectivity index (χ4v) is 1.14. The number of amides is 1. The van der Waals surface area contributed by atoms with Gasteiger partial charge in [-0.1, -0.05) is 6.92 Å². The first kappa shape index (κ1) is 8.53. The molecule has 1 saturated carbocycles. The molecule has 0 unspecified atom stereocenters. The zero-order chi connectivity index (χ0) is 8.32. The summed E-state index contributed by atoms with van der Waals surface area (Å²) in [6.45, 7) is 2.66. The van der Waals surface area contributed by atoms with E-state index in [1.54, 1.807) is 0 Å². The average molecular weight is 157 g/mol. The average Bonchev–Trinajstić information content (AvgIpc) is 1.95. The molecule has 1 aliphatic carbocycles. The normalized spacial score (nSPS) is 20.5. The first-order valence-electron chi connectivity index (χ1n) is 4.20. The standard InChI is InChI=1S/C8H15NO2/c1-2-6-9-7(10)8(11)4-3-5-8/h11H,2-6H2,1H3,(H,9,10). The van der Waals surface area contributed by atoms with E-state index in [4.69, 9.17) is 0 Å². The summed E-state index contributed by atoms with van der Waals surface area (Å²) in [5, 5.41) is 12.2. The topological polar surface area (TPSA) is 49.3 Å². The van der Waals surface area contributed by atoms with Gasteiger partial charge in [-0.05, 0) is 25.7 Å². The van der Waals surface area contributed by atoms with E-state index in [9.17, 15) is 9.90 Å². The third-order valence-electron chi connectivity index (χ3n) is 2.14. The Morgan fingerprint density at radius 2 is 2.27 bits per heavy atom. The number of aliphatic hydroxyl groups is 1. The summed E-state index contributed by atoms with van der Waals surface area (Å²) < 4.78 is 0. The van der Waals surface area contributed by atoms with Gasteiger partial charge >= 0.3 is 0 Å². The van der Waals surface area contributed by atoms with Gasteiger partial charge in [-0.2, -0.15) is 0 Å². The van der Waals surface area contributed by atoms with Gasteiger partial charge < -0.3 is 10.4 Å². The molecular formula is C8H15NO2. The molecule has 1 aliphatic rings. The molecule has 0 aromatic carbocycles. The second-order valence-corrected chi connectivity index (χ2v) is 3.14. The van der Waals surface area contributed by atoms with Crippen molar-refractivity contribution in [1.29, 1.82) is 0 Å². The monoisotopic (exact) mass is 157 g/mol. The van der Waals surface area contributed by atoms with Crippen molar-refractivity contribution in [3.05, 3.63) is 0 Å². The Balaban J connectivity index is 2.28. The van der Waals surface area contributed by atoms with Crippen LogP contribution in [0.3, 0.4) is 0 Å². The highest BCUT2D eigenvalue weighted by Crippen LogP contribution is 2.31. The van der Waals surface area contributed by atoms with Gasteiger partial charge in [-0.15, -0.1) is 0 Å². The number of hydrogen-bond acceptors (Lipinski definition) is 2. The zero-order valence-electron chi connectivity index (χ0n) is 6.89. The minimum atomic E-state index is -1.02. The Labute approximate surface area is 66.8 Å². The van der Waals surface area contributed by atoms with Crippen molar-refractivity contribution in [1.82, 2.24) is 5.32 Å². The van der Waals surface area contributed by atoms with E-state index >= 15 is 0 Å². The van der Waals surface area contributed by atoms with Crippen LogP contribution in [0.4, 0.5) is 0 Å². The summed E-state index contributed by atoms with van der Waals surface area (Å²) in [6, 6.07) is 0. The van der Waals surface area contributed by atoms with E-state index < -0.39 is 5.60 Å². The zero-order valence-corrected chi connectivity index (χ0v) is 6.89. The predicted molar refractivity (Wildman–Crippen MR) is 42.1 cm³/mol. The lowest BCUT2D eigenvalue weighted by Crippen LogP contribution is -2.51. The van der Waals surface area contributed by atoms with E-state index in [1.165, 1.54) is 0 Å². The Morgan fingerprint density at radius 3 is 2.64 bits per heavy atom. The summed E-state index contributed by atoms with van der Waals surface area (Å²) in [4.78, 5) is 11.1. The SMILES string of the molecule is CCCNC(=O)C1(O)CCC1. The van der Waals surface area contributed by atoms with Gasteiger partial charge in [0.2, 0.25) is 0 Å². The maximum Gasteiger partial charge on any atom is 0.251 e. The highest BCUT2D eigenvalue weighted by Gasteiger charge is 2.41. The molecule has 0 aromatic heterocycles. The minimum absolute atomic E-state index is 0.189. The first-order chi connectivity index (χ1) is 5.19. The molecular weight excluding hydrogens is 142 g/mol. The Morgan fingerprint density at radius 1 is 1.64 bits per heavy atom. The van der Waals surface area contributed by atoms with Crippen LogP contribution >= 0.6 is 0 Å². The third-order valence-corrected chi connectivity index (χ3v) is 2.14. The van der Waals surface area contributed by atoms with Crippen LogP contribution in [0.1, 0.15) is 32.6 Å². The molecule has 0 saturated heterocycles. The molecule has 11 heavy (non-hydrogen) atoms. The fraction of sp³-hybridized carbons (Fsp3) is 0.875. The van der Waals surface area contributed by atoms with E-state index in [0.29, 0.717) is 19.4 Å². The number of nitrogens with one attached hydrogen (secondary N) is 1. The number of carbonyl (C=O) groups excluding carboxylic acids is 1. The molecule has 1 fully saturated rings. The van der Waals surface area contributed by atoms with Crippen molar-refractivity contribution in [3.8, 4) is 0 Å². The minimum Gasteiger partial charge on any atom is -0.380 e. The van der Waals surface area contributed by atoms with Gasteiger partial charge in [-0.3, -0.25) is 4.79 Å². The van der Waals surface area contributed by atoms with Crippen molar-refractivity contribution in [2.45, 2.75) is 38.2 Å². The Hall–Kier alpha value is -0.570.